The van der Waals surface area contributed by atoms with E-state index in [1.165, 1.54) is 6.42 Å². The van der Waals surface area contributed by atoms with Crippen molar-refractivity contribution in [1.82, 2.24) is 0 Å². The van der Waals surface area contributed by atoms with E-state index in [9.17, 15) is 4.79 Å². The van der Waals surface area contributed by atoms with Crippen LogP contribution in [0.15, 0.2) is 11.8 Å². The van der Waals surface area contributed by atoms with E-state index < -0.39 is 0 Å². The lowest BCUT2D eigenvalue weighted by molar-refractivity contribution is -0.130. The van der Waals surface area contributed by atoms with Gasteiger partial charge in [0.2, 0.25) is 0 Å². The second-order valence-corrected chi connectivity index (χ2v) is 4.36. The van der Waals surface area contributed by atoms with Crippen molar-refractivity contribution >= 4 is 6.47 Å². The third-order valence-electron chi connectivity index (χ3n) is 3.60. The number of carbonyl (C=O) groups is 1. The maximum Gasteiger partial charge on any atom is 0.298 e. The molecule has 12 heavy (non-hydrogen) atoms. The molecule has 1 fully saturated rings. The smallest absolute Gasteiger partial charge is 0.298 e. The molecule has 3 aliphatic rings. The molecule has 0 unspecified atom stereocenters. The molecular formula is C10H14O2. The van der Waals surface area contributed by atoms with Crippen LogP contribution in [0.4, 0.5) is 0 Å². The van der Waals surface area contributed by atoms with Gasteiger partial charge in [-0.3, -0.25) is 4.79 Å². The lowest BCUT2D eigenvalue weighted by atomic mass is 9.50. The average Bonchev–Trinajstić information content (AvgIpc) is 2.05. The van der Waals surface area contributed by atoms with Crippen LogP contribution in [0.2, 0.25) is 0 Å². The van der Waals surface area contributed by atoms with E-state index in [1.807, 2.05) is 0 Å². The second-order valence-electron chi connectivity index (χ2n) is 4.36. The Morgan fingerprint density at radius 2 is 2.42 bits per heavy atom. The van der Waals surface area contributed by atoms with E-state index in [1.54, 1.807) is 0 Å². The zero-order chi connectivity index (χ0) is 8.77. The van der Waals surface area contributed by atoms with Crippen molar-refractivity contribution in [2.45, 2.75) is 26.7 Å². The maximum absolute atomic E-state index is 10.2. The minimum Gasteiger partial charge on any atom is -0.433 e. The van der Waals surface area contributed by atoms with Crippen molar-refractivity contribution < 1.29 is 9.53 Å². The Kier molecular flexibility index (Phi) is 1.53. The van der Waals surface area contributed by atoms with Gasteiger partial charge in [0, 0.05) is 5.92 Å². The van der Waals surface area contributed by atoms with E-state index in [0.29, 0.717) is 17.8 Å². The van der Waals surface area contributed by atoms with Crippen molar-refractivity contribution in [1.29, 1.82) is 0 Å². The summed E-state index contributed by atoms with van der Waals surface area (Å²) in [6.07, 6.45) is 4.35. The summed E-state index contributed by atoms with van der Waals surface area (Å²) in [6.45, 7) is 5.06. The number of hydrogen-bond acceptors (Lipinski definition) is 2. The quantitative estimate of drug-likeness (QED) is 0.587. The third-order valence-corrected chi connectivity index (χ3v) is 3.60. The first-order valence-corrected chi connectivity index (χ1v) is 4.46. The van der Waals surface area contributed by atoms with Gasteiger partial charge in [-0.15, -0.1) is 0 Å². The van der Waals surface area contributed by atoms with E-state index in [2.05, 4.69) is 19.9 Å². The van der Waals surface area contributed by atoms with Crippen molar-refractivity contribution in [2.75, 3.05) is 0 Å². The lowest BCUT2D eigenvalue weighted by Crippen LogP contribution is -2.48. The van der Waals surface area contributed by atoms with Crippen LogP contribution in [0.1, 0.15) is 26.7 Å². The van der Waals surface area contributed by atoms with Gasteiger partial charge in [0.25, 0.3) is 6.47 Å². The van der Waals surface area contributed by atoms with Crippen molar-refractivity contribution in [3.05, 3.63) is 11.8 Å². The summed E-state index contributed by atoms with van der Waals surface area (Å²) >= 11 is 0. The monoisotopic (exact) mass is 166 g/mol. The van der Waals surface area contributed by atoms with Gasteiger partial charge in [-0.1, -0.05) is 13.8 Å². The Morgan fingerprint density at radius 3 is 2.92 bits per heavy atom. The zero-order valence-electron chi connectivity index (χ0n) is 7.54. The van der Waals surface area contributed by atoms with Crippen LogP contribution in [-0.4, -0.2) is 6.47 Å². The minimum atomic E-state index is 0.354. The molecule has 1 saturated carbocycles. The Morgan fingerprint density at radius 1 is 1.67 bits per heavy atom. The number of allylic oxidation sites excluding steroid dienone is 2. The maximum atomic E-state index is 10.2. The predicted octanol–water partition coefficient (Wildman–Crippen LogP) is 2.11. The lowest BCUT2D eigenvalue weighted by Gasteiger charge is -2.55. The van der Waals surface area contributed by atoms with Gasteiger partial charge >= 0.3 is 0 Å². The zero-order valence-corrected chi connectivity index (χ0v) is 7.54. The third kappa shape index (κ3) is 0.838. The Labute approximate surface area is 72.6 Å². The molecule has 0 aromatic rings. The molecule has 0 radical (unpaired) electrons. The molecule has 3 rings (SSSR count). The first-order valence-electron chi connectivity index (χ1n) is 4.46. The van der Waals surface area contributed by atoms with Crippen LogP contribution < -0.4 is 0 Å². The molecule has 3 aliphatic carbocycles. The van der Waals surface area contributed by atoms with Gasteiger partial charge in [-0.25, -0.2) is 0 Å². The van der Waals surface area contributed by atoms with E-state index >= 15 is 0 Å². The first-order chi connectivity index (χ1) is 5.66. The summed E-state index contributed by atoms with van der Waals surface area (Å²) in [4.78, 5) is 10.2. The van der Waals surface area contributed by atoms with Crippen LogP contribution in [0.25, 0.3) is 0 Å². The summed E-state index contributed by atoms with van der Waals surface area (Å²) in [5.41, 5.74) is 0.354. The summed E-state index contributed by atoms with van der Waals surface area (Å²) in [5.74, 6) is 2.19. The second kappa shape index (κ2) is 2.35. The van der Waals surface area contributed by atoms with E-state index in [4.69, 9.17) is 4.74 Å². The molecule has 0 spiro atoms. The summed E-state index contributed by atoms with van der Waals surface area (Å²) < 4.78 is 4.95. The van der Waals surface area contributed by atoms with Gasteiger partial charge in [0.1, 0.15) is 5.76 Å². The number of hydrogen-bond donors (Lipinski definition) is 0. The van der Waals surface area contributed by atoms with Crippen LogP contribution >= 0.6 is 0 Å². The van der Waals surface area contributed by atoms with Gasteiger partial charge in [-0.2, -0.15) is 0 Å². The van der Waals surface area contributed by atoms with Crippen molar-refractivity contribution in [2.24, 2.45) is 17.3 Å². The normalized spacial score (nSPS) is 36.3. The SMILES string of the molecule is CC1(C)[C@@H]2CC=C(OC=O)[C@@H]1C2. The fourth-order valence-electron chi connectivity index (χ4n) is 2.49. The molecule has 66 valence electrons. The Balaban J connectivity index is 2.18. The van der Waals surface area contributed by atoms with E-state index in [0.717, 1.165) is 18.1 Å². The predicted molar refractivity (Wildman–Crippen MR) is 45.2 cm³/mol. The highest BCUT2D eigenvalue weighted by molar-refractivity contribution is 5.41. The minimum absolute atomic E-state index is 0.354. The van der Waals surface area contributed by atoms with Crippen LogP contribution in [-0.2, 0) is 9.53 Å². The molecule has 2 atom stereocenters. The fraction of sp³-hybridized carbons (Fsp3) is 0.700. The van der Waals surface area contributed by atoms with Gasteiger partial charge in [0.15, 0.2) is 0 Å². The molecule has 0 saturated heterocycles. The summed E-state index contributed by atoms with van der Waals surface area (Å²) in [5, 5.41) is 0. The van der Waals surface area contributed by atoms with Crippen molar-refractivity contribution in [3.63, 3.8) is 0 Å². The molecule has 0 aliphatic heterocycles. The van der Waals surface area contributed by atoms with Crippen LogP contribution in [0.3, 0.4) is 0 Å². The topological polar surface area (TPSA) is 26.3 Å². The first kappa shape index (κ1) is 7.84. The number of ether oxygens (including phenoxy) is 1. The summed E-state index contributed by atoms with van der Waals surface area (Å²) in [7, 11) is 0. The van der Waals surface area contributed by atoms with Gasteiger partial charge in [-0.05, 0) is 30.3 Å². The molecule has 0 aromatic carbocycles. The largest absolute Gasteiger partial charge is 0.433 e. The molecule has 2 heteroatoms. The number of carbonyl (C=O) groups excluding carboxylic acids is 1. The Bertz CT molecular complexity index is 240. The Hall–Kier alpha value is -0.790. The van der Waals surface area contributed by atoms with Crippen LogP contribution in [0, 0.1) is 17.3 Å². The highest BCUT2D eigenvalue weighted by atomic mass is 16.5. The fourth-order valence-corrected chi connectivity index (χ4v) is 2.49. The molecule has 0 aromatic heterocycles. The number of rotatable bonds is 2. The molecule has 0 heterocycles. The summed E-state index contributed by atoms with van der Waals surface area (Å²) in [6, 6.07) is 0. The van der Waals surface area contributed by atoms with E-state index in [-0.39, 0.29) is 0 Å². The number of fused-ring (bicyclic) bond motifs is 1. The standard InChI is InChI=1S/C10H14O2/c1-10(2)7-3-4-9(12-6-11)8(10)5-7/h4,6-8H,3,5H2,1-2H3/t7-,8+/m1/s1. The highest BCUT2D eigenvalue weighted by Crippen LogP contribution is 2.59. The van der Waals surface area contributed by atoms with Gasteiger partial charge in [0.05, 0.1) is 0 Å². The van der Waals surface area contributed by atoms with Crippen molar-refractivity contribution in [3.8, 4) is 0 Å². The van der Waals surface area contributed by atoms with Gasteiger partial charge < -0.3 is 4.74 Å². The highest BCUT2D eigenvalue weighted by Gasteiger charge is 2.52. The molecule has 2 nitrogen and oxygen atoms in total. The van der Waals surface area contributed by atoms with Crippen LogP contribution in [0.5, 0.6) is 0 Å². The molecule has 0 amide bonds. The molecular weight excluding hydrogens is 152 g/mol. The molecule has 0 N–H and O–H groups in total. The average molecular weight is 166 g/mol. The molecule has 2 bridgehead atoms.